The maximum absolute atomic E-state index is 5.62. The quantitative estimate of drug-likeness (QED) is 0.792. The van der Waals surface area contributed by atoms with E-state index >= 15 is 0 Å². The number of methoxy groups -OCH3 is 2. The maximum atomic E-state index is 5.62. The van der Waals surface area contributed by atoms with Gasteiger partial charge < -0.3 is 14.8 Å². The van der Waals surface area contributed by atoms with Crippen LogP contribution in [0.5, 0.6) is 11.5 Å². The lowest BCUT2D eigenvalue weighted by Gasteiger charge is -2.30. The molecule has 1 fully saturated rings. The molecule has 3 nitrogen and oxygen atoms in total. The Balaban J connectivity index is 2.36. The van der Waals surface area contributed by atoms with Crippen LogP contribution >= 0.6 is 0 Å². The zero-order valence-electron chi connectivity index (χ0n) is 13.7. The Kier molecular flexibility index (Phi) is 6.37. The van der Waals surface area contributed by atoms with Crippen LogP contribution in [0.3, 0.4) is 0 Å². The van der Waals surface area contributed by atoms with Crippen LogP contribution in [0.4, 0.5) is 0 Å². The maximum Gasteiger partial charge on any atom is 0.127 e. The van der Waals surface area contributed by atoms with Crippen molar-refractivity contribution in [1.82, 2.24) is 5.32 Å². The summed E-state index contributed by atoms with van der Waals surface area (Å²) in [6, 6.07) is 6.40. The summed E-state index contributed by atoms with van der Waals surface area (Å²) >= 11 is 0. The first-order valence-electron chi connectivity index (χ1n) is 8.26. The van der Waals surface area contributed by atoms with Crippen LogP contribution in [0.1, 0.15) is 57.1 Å². The van der Waals surface area contributed by atoms with Gasteiger partial charge in [-0.05, 0) is 37.4 Å². The monoisotopic (exact) mass is 291 g/mol. The molecule has 1 N–H and O–H groups in total. The van der Waals surface area contributed by atoms with E-state index in [-0.39, 0.29) is 0 Å². The molecule has 0 heterocycles. The van der Waals surface area contributed by atoms with Crippen molar-refractivity contribution in [3.05, 3.63) is 23.8 Å². The lowest BCUT2D eigenvalue weighted by atomic mass is 9.86. The summed E-state index contributed by atoms with van der Waals surface area (Å²) in [6.07, 6.45) is 8.00. The Morgan fingerprint density at radius 2 is 1.62 bits per heavy atom. The van der Waals surface area contributed by atoms with E-state index in [0.717, 1.165) is 18.0 Å². The fraction of sp³-hybridized carbons (Fsp3) is 0.667. The van der Waals surface area contributed by atoms with Crippen LogP contribution in [0.25, 0.3) is 0 Å². The predicted octanol–water partition coefficient (Wildman–Crippen LogP) is 4.32. The number of hydrogen-bond acceptors (Lipinski definition) is 3. The predicted molar refractivity (Wildman–Crippen MR) is 87.2 cm³/mol. The average molecular weight is 291 g/mol. The van der Waals surface area contributed by atoms with Crippen molar-refractivity contribution in [2.45, 2.75) is 51.5 Å². The second-order valence-corrected chi connectivity index (χ2v) is 5.86. The highest BCUT2D eigenvalue weighted by molar-refractivity contribution is 5.47. The van der Waals surface area contributed by atoms with Crippen molar-refractivity contribution < 1.29 is 9.47 Å². The molecule has 1 unspecified atom stereocenters. The molecule has 2 rings (SSSR count). The molecule has 21 heavy (non-hydrogen) atoms. The average Bonchev–Trinajstić information content (AvgIpc) is 2.81. The van der Waals surface area contributed by atoms with Gasteiger partial charge in [0.2, 0.25) is 0 Å². The molecule has 0 aromatic heterocycles. The third-order valence-corrected chi connectivity index (χ3v) is 4.57. The van der Waals surface area contributed by atoms with Crippen molar-refractivity contribution in [2.75, 3.05) is 20.8 Å². The van der Waals surface area contributed by atoms with Crippen molar-refractivity contribution in [3.63, 3.8) is 0 Å². The Bertz CT molecular complexity index is 403. The highest BCUT2D eigenvalue weighted by atomic mass is 16.5. The van der Waals surface area contributed by atoms with Gasteiger partial charge in [-0.3, -0.25) is 0 Å². The van der Waals surface area contributed by atoms with Crippen molar-refractivity contribution >= 4 is 0 Å². The summed E-state index contributed by atoms with van der Waals surface area (Å²) in [5.74, 6) is 2.53. The summed E-state index contributed by atoms with van der Waals surface area (Å²) in [7, 11) is 3.49. The van der Waals surface area contributed by atoms with Gasteiger partial charge in [0.25, 0.3) is 0 Å². The third kappa shape index (κ3) is 3.91. The van der Waals surface area contributed by atoms with Crippen LogP contribution in [0.2, 0.25) is 0 Å². The molecule has 1 aliphatic rings. The van der Waals surface area contributed by atoms with Crippen LogP contribution in [0.15, 0.2) is 18.2 Å². The Labute approximate surface area is 129 Å². The van der Waals surface area contributed by atoms with Gasteiger partial charge >= 0.3 is 0 Å². The molecule has 118 valence electrons. The number of rotatable bonds is 6. The fourth-order valence-electron chi connectivity index (χ4n) is 3.56. The molecule has 1 aromatic carbocycles. The van der Waals surface area contributed by atoms with Crippen molar-refractivity contribution in [1.29, 1.82) is 0 Å². The number of ether oxygens (including phenoxy) is 2. The van der Waals surface area contributed by atoms with E-state index < -0.39 is 0 Å². The molecular weight excluding hydrogens is 262 g/mol. The fourth-order valence-corrected chi connectivity index (χ4v) is 3.56. The molecule has 0 spiro atoms. The smallest absolute Gasteiger partial charge is 0.127 e. The van der Waals surface area contributed by atoms with E-state index in [1.54, 1.807) is 14.2 Å². The van der Waals surface area contributed by atoms with E-state index in [0.29, 0.717) is 12.0 Å². The molecule has 0 saturated heterocycles. The van der Waals surface area contributed by atoms with Gasteiger partial charge in [0, 0.05) is 6.04 Å². The van der Waals surface area contributed by atoms with Crippen molar-refractivity contribution in [2.24, 2.45) is 5.92 Å². The first-order chi connectivity index (χ1) is 10.3. The summed E-state index contributed by atoms with van der Waals surface area (Å²) in [5, 5.41) is 3.69. The van der Waals surface area contributed by atoms with E-state index in [2.05, 4.69) is 12.2 Å². The summed E-state index contributed by atoms with van der Waals surface area (Å²) in [6.45, 7) is 3.13. The Hall–Kier alpha value is -1.22. The zero-order valence-corrected chi connectivity index (χ0v) is 13.7. The number of benzene rings is 1. The molecule has 0 radical (unpaired) electrons. The molecule has 1 aromatic rings. The molecule has 3 heteroatoms. The van der Waals surface area contributed by atoms with Gasteiger partial charge in [0.05, 0.1) is 19.8 Å². The summed E-state index contributed by atoms with van der Waals surface area (Å²) in [4.78, 5) is 0. The standard InChI is InChI=1S/C18H29NO2/c1-4-19-18(14-10-7-5-6-8-11-14)17-15(20-2)12-9-13-16(17)21-3/h9,12-14,18-19H,4-8,10-11H2,1-3H3. The van der Waals surface area contributed by atoms with Crippen LogP contribution in [-0.2, 0) is 0 Å². The van der Waals surface area contributed by atoms with E-state index in [4.69, 9.17) is 9.47 Å². The van der Waals surface area contributed by atoms with Gasteiger partial charge in [-0.15, -0.1) is 0 Å². The van der Waals surface area contributed by atoms with Gasteiger partial charge in [-0.1, -0.05) is 38.7 Å². The molecular formula is C18H29NO2. The van der Waals surface area contributed by atoms with E-state index in [1.165, 1.54) is 44.1 Å². The lowest BCUT2D eigenvalue weighted by molar-refractivity contribution is 0.303. The normalized spacial score (nSPS) is 18.0. The molecule has 0 amide bonds. The van der Waals surface area contributed by atoms with Crippen LogP contribution < -0.4 is 14.8 Å². The number of nitrogens with one attached hydrogen (secondary N) is 1. The molecule has 0 aliphatic heterocycles. The Morgan fingerprint density at radius 1 is 1.05 bits per heavy atom. The SMILES string of the molecule is CCNC(c1c(OC)cccc1OC)C1CCCCCC1. The van der Waals surface area contributed by atoms with Gasteiger partial charge in [-0.25, -0.2) is 0 Å². The van der Waals surface area contributed by atoms with E-state index in [1.807, 2.05) is 18.2 Å². The highest BCUT2D eigenvalue weighted by Crippen LogP contribution is 2.41. The lowest BCUT2D eigenvalue weighted by Crippen LogP contribution is -2.29. The molecule has 1 aliphatic carbocycles. The van der Waals surface area contributed by atoms with Crippen LogP contribution in [0, 0.1) is 5.92 Å². The minimum atomic E-state index is 0.319. The first kappa shape index (κ1) is 16.2. The van der Waals surface area contributed by atoms with E-state index in [9.17, 15) is 0 Å². The second kappa shape index (κ2) is 8.28. The zero-order chi connectivity index (χ0) is 15.1. The minimum absolute atomic E-state index is 0.319. The second-order valence-electron chi connectivity index (χ2n) is 5.86. The van der Waals surface area contributed by atoms with Crippen molar-refractivity contribution in [3.8, 4) is 11.5 Å². The summed E-state index contributed by atoms with van der Waals surface area (Å²) < 4.78 is 11.2. The minimum Gasteiger partial charge on any atom is -0.496 e. The molecule has 1 saturated carbocycles. The third-order valence-electron chi connectivity index (χ3n) is 4.57. The van der Waals surface area contributed by atoms with Gasteiger partial charge in [-0.2, -0.15) is 0 Å². The first-order valence-corrected chi connectivity index (χ1v) is 8.26. The van der Waals surface area contributed by atoms with Crippen LogP contribution in [-0.4, -0.2) is 20.8 Å². The summed E-state index contributed by atoms with van der Waals surface area (Å²) in [5.41, 5.74) is 1.19. The molecule has 1 atom stereocenters. The highest BCUT2D eigenvalue weighted by Gasteiger charge is 2.28. The topological polar surface area (TPSA) is 30.5 Å². The largest absolute Gasteiger partial charge is 0.496 e. The van der Waals surface area contributed by atoms with Gasteiger partial charge in [0.15, 0.2) is 0 Å². The van der Waals surface area contributed by atoms with Gasteiger partial charge in [0.1, 0.15) is 11.5 Å². The Morgan fingerprint density at radius 3 is 2.10 bits per heavy atom. The number of hydrogen-bond donors (Lipinski definition) is 1. The molecule has 0 bridgehead atoms.